The molecule has 0 fully saturated rings. The fraction of sp³-hybridized carbons (Fsp3) is 0.267. The van der Waals surface area contributed by atoms with Gasteiger partial charge in [0.05, 0.1) is 5.41 Å². The molecule has 4 nitrogen and oxygen atoms in total. The lowest BCUT2D eigenvalue weighted by atomic mass is 9.81. The summed E-state index contributed by atoms with van der Waals surface area (Å²) in [6.07, 6.45) is 14.0. The SMILES string of the molecule is C=CC(C)(C=C)C1=CC=CC(C)(c2nn[nH]n2)C=C1. The Kier molecular flexibility index (Phi) is 3.34. The average Bonchev–Trinajstić information content (AvgIpc) is 2.89. The summed E-state index contributed by atoms with van der Waals surface area (Å²) in [5, 5.41) is 14.2. The number of aromatic amines is 1. The third-order valence-electron chi connectivity index (χ3n) is 3.62. The third kappa shape index (κ3) is 2.34. The average molecular weight is 254 g/mol. The zero-order chi connectivity index (χ0) is 13.9. The van der Waals surface area contributed by atoms with Crippen LogP contribution in [0.15, 0.2) is 61.3 Å². The van der Waals surface area contributed by atoms with Gasteiger partial charge in [-0.25, -0.2) is 0 Å². The molecular formula is C15H18N4. The Balaban J connectivity index is 2.38. The Morgan fingerprint density at radius 1 is 1.32 bits per heavy atom. The molecule has 1 aliphatic carbocycles. The summed E-state index contributed by atoms with van der Waals surface area (Å²) in [7, 11) is 0. The Bertz CT molecular complexity index is 555. The van der Waals surface area contributed by atoms with Gasteiger partial charge in [-0.05, 0) is 19.4 Å². The van der Waals surface area contributed by atoms with Gasteiger partial charge >= 0.3 is 0 Å². The molecule has 0 saturated heterocycles. The predicted molar refractivity (Wildman–Crippen MR) is 76.4 cm³/mol. The molecule has 1 atom stereocenters. The van der Waals surface area contributed by atoms with Crippen molar-refractivity contribution < 1.29 is 0 Å². The molecule has 1 unspecified atom stereocenters. The van der Waals surface area contributed by atoms with Crippen molar-refractivity contribution in [1.29, 1.82) is 0 Å². The number of H-pyrrole nitrogens is 1. The molecule has 1 aromatic heterocycles. The molecule has 0 bridgehead atoms. The van der Waals surface area contributed by atoms with Crippen LogP contribution in [0.5, 0.6) is 0 Å². The number of hydrogen-bond acceptors (Lipinski definition) is 3. The van der Waals surface area contributed by atoms with Gasteiger partial charge in [0.25, 0.3) is 0 Å². The minimum absolute atomic E-state index is 0.247. The molecule has 1 aliphatic rings. The minimum Gasteiger partial charge on any atom is -0.177 e. The maximum absolute atomic E-state index is 4.07. The highest BCUT2D eigenvalue weighted by Gasteiger charge is 2.28. The van der Waals surface area contributed by atoms with Crippen LogP contribution in [0, 0.1) is 5.41 Å². The summed E-state index contributed by atoms with van der Waals surface area (Å²) >= 11 is 0. The van der Waals surface area contributed by atoms with Gasteiger partial charge < -0.3 is 0 Å². The van der Waals surface area contributed by atoms with Crippen molar-refractivity contribution in [2.45, 2.75) is 19.3 Å². The van der Waals surface area contributed by atoms with E-state index in [0.29, 0.717) is 5.82 Å². The molecule has 19 heavy (non-hydrogen) atoms. The van der Waals surface area contributed by atoms with Gasteiger partial charge in [-0.15, -0.1) is 23.4 Å². The molecular weight excluding hydrogens is 236 g/mol. The van der Waals surface area contributed by atoms with Gasteiger partial charge in [-0.1, -0.05) is 47.7 Å². The standard InChI is InChI=1S/C15H18N4/c1-5-14(3,6-2)12-8-7-10-15(4,11-9-12)13-16-18-19-17-13/h5-11H,1-2H2,3-4H3,(H,16,17,18,19). The van der Waals surface area contributed by atoms with Gasteiger partial charge in [-0.2, -0.15) is 5.21 Å². The Morgan fingerprint density at radius 3 is 2.63 bits per heavy atom. The lowest BCUT2D eigenvalue weighted by Crippen LogP contribution is -2.18. The lowest BCUT2D eigenvalue weighted by molar-refractivity contribution is 0.673. The fourth-order valence-electron chi connectivity index (χ4n) is 1.94. The monoisotopic (exact) mass is 254 g/mol. The second-order valence-corrected chi connectivity index (χ2v) is 5.02. The Labute approximate surface area is 113 Å². The second-order valence-electron chi connectivity index (χ2n) is 5.02. The number of hydrogen-bond donors (Lipinski definition) is 1. The highest BCUT2D eigenvalue weighted by atomic mass is 15.5. The van der Waals surface area contributed by atoms with Crippen molar-refractivity contribution >= 4 is 0 Å². The van der Waals surface area contributed by atoms with Crippen LogP contribution >= 0.6 is 0 Å². The van der Waals surface area contributed by atoms with Gasteiger partial charge in [0.1, 0.15) is 0 Å². The third-order valence-corrected chi connectivity index (χ3v) is 3.62. The first-order valence-corrected chi connectivity index (χ1v) is 6.14. The summed E-state index contributed by atoms with van der Waals surface area (Å²) in [5.41, 5.74) is 0.513. The molecule has 0 radical (unpaired) electrons. The normalized spacial score (nSPS) is 22.7. The topological polar surface area (TPSA) is 54.5 Å². The summed E-state index contributed by atoms with van der Waals surface area (Å²) in [4.78, 5) is 0. The molecule has 0 aromatic carbocycles. The molecule has 4 heteroatoms. The van der Waals surface area contributed by atoms with Crippen LogP contribution in [0.25, 0.3) is 0 Å². The largest absolute Gasteiger partial charge is 0.187 e. The van der Waals surface area contributed by atoms with Crippen molar-refractivity contribution in [3.63, 3.8) is 0 Å². The second kappa shape index (κ2) is 4.80. The van der Waals surface area contributed by atoms with Crippen LogP contribution in [-0.2, 0) is 5.41 Å². The molecule has 1 heterocycles. The van der Waals surface area contributed by atoms with E-state index in [0.717, 1.165) is 5.57 Å². The first-order chi connectivity index (χ1) is 9.04. The molecule has 0 aliphatic heterocycles. The van der Waals surface area contributed by atoms with Crippen molar-refractivity contribution in [1.82, 2.24) is 20.6 Å². The van der Waals surface area contributed by atoms with E-state index in [-0.39, 0.29) is 10.8 Å². The number of rotatable bonds is 4. The van der Waals surface area contributed by atoms with E-state index >= 15 is 0 Å². The van der Waals surface area contributed by atoms with Crippen LogP contribution in [0.4, 0.5) is 0 Å². The molecule has 2 rings (SSSR count). The maximum atomic E-state index is 4.07. The zero-order valence-corrected chi connectivity index (χ0v) is 11.3. The van der Waals surface area contributed by atoms with Crippen molar-refractivity contribution in [3.8, 4) is 0 Å². The van der Waals surface area contributed by atoms with Gasteiger partial charge in [0, 0.05) is 5.41 Å². The summed E-state index contributed by atoms with van der Waals surface area (Å²) in [5.74, 6) is 0.647. The van der Waals surface area contributed by atoms with Gasteiger partial charge in [-0.3, -0.25) is 0 Å². The minimum atomic E-state index is -0.367. The first-order valence-electron chi connectivity index (χ1n) is 6.14. The van der Waals surface area contributed by atoms with E-state index in [1.807, 2.05) is 31.2 Å². The van der Waals surface area contributed by atoms with E-state index in [4.69, 9.17) is 0 Å². The lowest BCUT2D eigenvalue weighted by Gasteiger charge is -2.23. The van der Waals surface area contributed by atoms with Gasteiger partial charge in [0.2, 0.25) is 0 Å². The number of allylic oxidation sites excluding steroid dienone is 8. The summed E-state index contributed by atoms with van der Waals surface area (Å²) in [6.45, 7) is 11.9. The van der Waals surface area contributed by atoms with Crippen LogP contribution in [0.2, 0.25) is 0 Å². The fourth-order valence-corrected chi connectivity index (χ4v) is 1.94. The van der Waals surface area contributed by atoms with E-state index in [1.54, 1.807) is 0 Å². The van der Waals surface area contributed by atoms with Crippen molar-refractivity contribution in [2.75, 3.05) is 0 Å². The number of nitrogens with one attached hydrogen (secondary N) is 1. The molecule has 1 N–H and O–H groups in total. The number of nitrogens with zero attached hydrogens (tertiary/aromatic N) is 3. The van der Waals surface area contributed by atoms with E-state index in [1.165, 1.54) is 0 Å². The van der Waals surface area contributed by atoms with E-state index in [2.05, 4.69) is 58.9 Å². The molecule has 0 spiro atoms. The number of tetrazole rings is 1. The molecule has 1 aromatic rings. The molecule has 0 saturated carbocycles. The highest BCUT2D eigenvalue weighted by molar-refractivity contribution is 5.43. The quantitative estimate of drug-likeness (QED) is 0.840. The molecule has 0 amide bonds. The van der Waals surface area contributed by atoms with Crippen molar-refractivity contribution in [2.24, 2.45) is 5.41 Å². The maximum Gasteiger partial charge on any atom is 0.187 e. The van der Waals surface area contributed by atoms with Crippen LogP contribution in [0.1, 0.15) is 19.7 Å². The van der Waals surface area contributed by atoms with E-state index in [9.17, 15) is 0 Å². The smallest absolute Gasteiger partial charge is 0.177 e. The number of aromatic nitrogens is 4. The van der Waals surface area contributed by atoms with Crippen molar-refractivity contribution in [3.05, 3.63) is 67.1 Å². The predicted octanol–water partition coefficient (Wildman–Crippen LogP) is 2.89. The van der Waals surface area contributed by atoms with Crippen LogP contribution in [0.3, 0.4) is 0 Å². The summed E-state index contributed by atoms with van der Waals surface area (Å²) in [6, 6.07) is 0. The highest BCUT2D eigenvalue weighted by Crippen LogP contribution is 2.34. The van der Waals surface area contributed by atoms with E-state index < -0.39 is 0 Å². The zero-order valence-electron chi connectivity index (χ0n) is 11.3. The first kappa shape index (κ1) is 13.2. The van der Waals surface area contributed by atoms with Gasteiger partial charge in [0.15, 0.2) is 5.82 Å². The van der Waals surface area contributed by atoms with Crippen LogP contribution < -0.4 is 0 Å². The molecule has 98 valence electrons. The summed E-state index contributed by atoms with van der Waals surface area (Å²) < 4.78 is 0. The Hall–Kier alpha value is -2.23. The Morgan fingerprint density at radius 2 is 2.05 bits per heavy atom. The van der Waals surface area contributed by atoms with Crippen LogP contribution in [-0.4, -0.2) is 20.6 Å².